The van der Waals surface area contributed by atoms with Crippen LogP contribution in [-0.4, -0.2) is 23.8 Å². The summed E-state index contributed by atoms with van der Waals surface area (Å²) in [6.45, 7) is 7.81. The molecule has 0 rings (SSSR count). The van der Waals surface area contributed by atoms with Crippen LogP contribution in [0.4, 0.5) is 0 Å². The molecule has 0 saturated carbocycles. The van der Waals surface area contributed by atoms with Gasteiger partial charge in [0, 0.05) is 12.0 Å². The van der Waals surface area contributed by atoms with Gasteiger partial charge in [-0.05, 0) is 20.8 Å². The summed E-state index contributed by atoms with van der Waals surface area (Å²) in [7, 11) is 0. The lowest BCUT2D eigenvalue weighted by Gasteiger charge is -2.19. The predicted molar refractivity (Wildman–Crippen MR) is 54.7 cm³/mol. The first kappa shape index (κ1) is 11.9. The van der Waals surface area contributed by atoms with Gasteiger partial charge in [0.05, 0.1) is 5.84 Å². The first-order chi connectivity index (χ1) is 5.85. The highest BCUT2D eigenvalue weighted by molar-refractivity contribution is 5.85. The average molecular weight is 185 g/mol. The normalized spacial score (nSPS) is 12.8. The van der Waals surface area contributed by atoms with E-state index in [4.69, 9.17) is 5.73 Å². The van der Waals surface area contributed by atoms with Gasteiger partial charge < -0.3 is 11.1 Å². The summed E-state index contributed by atoms with van der Waals surface area (Å²) < 4.78 is 0. The fourth-order valence-corrected chi connectivity index (χ4v) is 0.743. The molecule has 0 aliphatic rings. The van der Waals surface area contributed by atoms with Gasteiger partial charge in [-0.2, -0.15) is 0 Å². The van der Waals surface area contributed by atoms with Crippen LogP contribution < -0.4 is 11.1 Å². The molecule has 0 aromatic carbocycles. The number of nitrogens with one attached hydrogen (secondary N) is 1. The molecule has 0 saturated heterocycles. The Labute approximate surface area is 79.6 Å². The van der Waals surface area contributed by atoms with E-state index in [1.54, 1.807) is 0 Å². The maximum Gasteiger partial charge on any atom is 0.242 e. The molecule has 0 bridgehead atoms. The molecule has 0 aromatic rings. The Morgan fingerprint density at radius 1 is 1.46 bits per heavy atom. The highest BCUT2D eigenvalue weighted by Crippen LogP contribution is 1.97. The van der Waals surface area contributed by atoms with E-state index in [1.807, 2.05) is 27.7 Å². The standard InChI is InChI=1S/C9H19N3O/c1-5-7(10)11-6-8(13)12-9(2,3)4/h5-6H2,1-4H3,(H2,10,11)(H,12,13). The summed E-state index contributed by atoms with van der Waals surface area (Å²) in [6.07, 6.45) is 0.683. The van der Waals surface area contributed by atoms with Crippen LogP contribution in [0.3, 0.4) is 0 Å². The molecule has 0 fully saturated rings. The molecule has 4 nitrogen and oxygen atoms in total. The lowest BCUT2D eigenvalue weighted by molar-refractivity contribution is -0.121. The largest absolute Gasteiger partial charge is 0.387 e. The Morgan fingerprint density at radius 2 is 2.00 bits per heavy atom. The second-order valence-electron chi connectivity index (χ2n) is 3.96. The van der Waals surface area contributed by atoms with Crippen molar-refractivity contribution >= 4 is 11.7 Å². The number of carbonyl (C=O) groups is 1. The summed E-state index contributed by atoms with van der Waals surface area (Å²) in [5.41, 5.74) is 5.25. The minimum Gasteiger partial charge on any atom is -0.387 e. The van der Waals surface area contributed by atoms with E-state index in [2.05, 4.69) is 10.3 Å². The van der Waals surface area contributed by atoms with Crippen LogP contribution in [0, 0.1) is 0 Å². The zero-order chi connectivity index (χ0) is 10.5. The second kappa shape index (κ2) is 4.84. The number of rotatable bonds is 3. The minimum absolute atomic E-state index is 0.0936. The van der Waals surface area contributed by atoms with E-state index in [9.17, 15) is 4.79 Å². The number of amidine groups is 1. The third-order valence-electron chi connectivity index (χ3n) is 1.30. The van der Waals surface area contributed by atoms with Gasteiger partial charge in [-0.15, -0.1) is 0 Å². The summed E-state index contributed by atoms with van der Waals surface area (Å²) in [4.78, 5) is 15.1. The summed E-state index contributed by atoms with van der Waals surface area (Å²) in [6, 6.07) is 0. The van der Waals surface area contributed by atoms with Crippen molar-refractivity contribution in [2.24, 2.45) is 10.7 Å². The number of hydrogen-bond donors (Lipinski definition) is 2. The maximum absolute atomic E-state index is 11.2. The molecule has 0 radical (unpaired) electrons. The van der Waals surface area contributed by atoms with E-state index in [1.165, 1.54) is 0 Å². The molecule has 0 aliphatic carbocycles. The molecule has 0 unspecified atom stereocenters. The van der Waals surface area contributed by atoms with Crippen molar-refractivity contribution in [3.63, 3.8) is 0 Å². The Morgan fingerprint density at radius 3 is 2.38 bits per heavy atom. The minimum atomic E-state index is -0.201. The van der Waals surface area contributed by atoms with Crippen LogP contribution in [0.2, 0.25) is 0 Å². The van der Waals surface area contributed by atoms with E-state index >= 15 is 0 Å². The van der Waals surface area contributed by atoms with Crippen molar-refractivity contribution in [2.45, 2.75) is 39.7 Å². The number of carbonyl (C=O) groups excluding carboxylic acids is 1. The van der Waals surface area contributed by atoms with Crippen molar-refractivity contribution in [2.75, 3.05) is 6.54 Å². The SMILES string of the molecule is CCC(N)=NCC(=O)NC(C)(C)C. The smallest absolute Gasteiger partial charge is 0.242 e. The van der Waals surface area contributed by atoms with Crippen LogP contribution in [0.15, 0.2) is 4.99 Å². The Hall–Kier alpha value is -1.06. The van der Waals surface area contributed by atoms with Gasteiger partial charge in [0.15, 0.2) is 0 Å². The molecule has 0 spiro atoms. The van der Waals surface area contributed by atoms with Gasteiger partial charge in [-0.25, -0.2) is 0 Å². The number of nitrogens with two attached hydrogens (primary N) is 1. The van der Waals surface area contributed by atoms with Gasteiger partial charge >= 0.3 is 0 Å². The van der Waals surface area contributed by atoms with Crippen LogP contribution in [0.25, 0.3) is 0 Å². The molecule has 4 heteroatoms. The summed E-state index contributed by atoms with van der Waals surface area (Å²) in [5, 5.41) is 2.80. The van der Waals surface area contributed by atoms with Gasteiger partial charge in [-0.3, -0.25) is 9.79 Å². The summed E-state index contributed by atoms with van der Waals surface area (Å²) >= 11 is 0. The molecule has 0 atom stereocenters. The van der Waals surface area contributed by atoms with E-state index < -0.39 is 0 Å². The van der Waals surface area contributed by atoms with Crippen molar-refractivity contribution in [3.8, 4) is 0 Å². The highest BCUT2D eigenvalue weighted by atomic mass is 16.2. The lowest BCUT2D eigenvalue weighted by Crippen LogP contribution is -2.42. The Balaban J connectivity index is 3.90. The third kappa shape index (κ3) is 7.31. The van der Waals surface area contributed by atoms with Crippen LogP contribution in [0.5, 0.6) is 0 Å². The molecule has 1 amide bonds. The molecule has 13 heavy (non-hydrogen) atoms. The number of amides is 1. The third-order valence-corrected chi connectivity index (χ3v) is 1.30. The maximum atomic E-state index is 11.2. The molecular formula is C9H19N3O. The van der Waals surface area contributed by atoms with Crippen LogP contribution >= 0.6 is 0 Å². The van der Waals surface area contributed by atoms with E-state index in [0.717, 1.165) is 0 Å². The quantitative estimate of drug-likeness (QED) is 0.501. The highest BCUT2D eigenvalue weighted by Gasteiger charge is 2.12. The van der Waals surface area contributed by atoms with Crippen LogP contribution in [-0.2, 0) is 4.79 Å². The Bertz CT molecular complexity index is 203. The van der Waals surface area contributed by atoms with Gasteiger partial charge in [0.1, 0.15) is 6.54 Å². The van der Waals surface area contributed by atoms with Crippen LogP contribution in [0.1, 0.15) is 34.1 Å². The van der Waals surface area contributed by atoms with E-state index in [0.29, 0.717) is 12.3 Å². The fourth-order valence-electron chi connectivity index (χ4n) is 0.743. The molecule has 0 aromatic heterocycles. The molecule has 76 valence electrons. The number of nitrogens with zero attached hydrogens (tertiary/aromatic N) is 1. The molecular weight excluding hydrogens is 166 g/mol. The predicted octanol–water partition coefficient (Wildman–Crippen LogP) is 0.668. The van der Waals surface area contributed by atoms with E-state index in [-0.39, 0.29) is 18.0 Å². The van der Waals surface area contributed by atoms with Crippen molar-refractivity contribution in [3.05, 3.63) is 0 Å². The Kier molecular flexibility index (Phi) is 4.45. The first-order valence-electron chi connectivity index (χ1n) is 4.45. The number of hydrogen-bond acceptors (Lipinski definition) is 2. The summed E-state index contributed by atoms with van der Waals surface area (Å²) in [5.74, 6) is 0.424. The number of aliphatic imine (C=N–C) groups is 1. The fraction of sp³-hybridized carbons (Fsp3) is 0.778. The van der Waals surface area contributed by atoms with Crippen molar-refractivity contribution in [1.82, 2.24) is 5.32 Å². The van der Waals surface area contributed by atoms with Crippen molar-refractivity contribution in [1.29, 1.82) is 0 Å². The van der Waals surface area contributed by atoms with Crippen molar-refractivity contribution < 1.29 is 4.79 Å². The monoisotopic (exact) mass is 185 g/mol. The zero-order valence-corrected chi connectivity index (χ0v) is 8.85. The lowest BCUT2D eigenvalue weighted by atomic mass is 10.1. The topological polar surface area (TPSA) is 67.5 Å². The second-order valence-corrected chi connectivity index (χ2v) is 3.96. The van der Waals surface area contributed by atoms with Gasteiger partial charge in [-0.1, -0.05) is 6.92 Å². The average Bonchev–Trinajstić information content (AvgIpc) is 1.97. The van der Waals surface area contributed by atoms with Gasteiger partial charge in [0.25, 0.3) is 0 Å². The molecule has 3 N–H and O–H groups in total. The first-order valence-corrected chi connectivity index (χ1v) is 4.45. The molecule has 0 aliphatic heterocycles. The molecule has 0 heterocycles. The van der Waals surface area contributed by atoms with Gasteiger partial charge in [0.2, 0.25) is 5.91 Å². The zero-order valence-electron chi connectivity index (χ0n) is 8.85.